The van der Waals surface area contributed by atoms with Crippen LogP contribution < -0.4 is 5.32 Å². The molecule has 0 saturated carbocycles. The molecule has 0 radical (unpaired) electrons. The molecule has 124 valence electrons. The zero-order valence-corrected chi connectivity index (χ0v) is 13.4. The van der Waals surface area contributed by atoms with Crippen molar-refractivity contribution in [3.05, 3.63) is 35.9 Å². The summed E-state index contributed by atoms with van der Waals surface area (Å²) in [6.07, 6.45) is 2.59. The average molecular weight is 309 g/mol. The molecule has 0 amide bonds. The van der Waals surface area contributed by atoms with Crippen molar-refractivity contribution in [2.45, 2.75) is 50.8 Å². The van der Waals surface area contributed by atoms with Gasteiger partial charge in [0.25, 0.3) is 0 Å². The van der Waals surface area contributed by atoms with Gasteiger partial charge in [0.05, 0.1) is 25.9 Å². The van der Waals surface area contributed by atoms with Gasteiger partial charge in [0.1, 0.15) is 6.04 Å². The van der Waals surface area contributed by atoms with Gasteiger partial charge in [-0.05, 0) is 12.0 Å². The van der Waals surface area contributed by atoms with Crippen molar-refractivity contribution in [1.82, 2.24) is 5.32 Å². The van der Waals surface area contributed by atoms with Crippen molar-refractivity contribution in [3.63, 3.8) is 0 Å². The summed E-state index contributed by atoms with van der Waals surface area (Å²) < 4.78 is 4.78. The molecule has 0 spiro atoms. The number of hydrogen-bond donors (Lipinski definition) is 3. The Morgan fingerprint density at radius 3 is 2.50 bits per heavy atom. The van der Waals surface area contributed by atoms with Gasteiger partial charge in [-0.2, -0.15) is 0 Å². The Bertz CT molecular complexity index is 424. The van der Waals surface area contributed by atoms with Gasteiger partial charge < -0.3 is 14.9 Å². The second-order valence-electron chi connectivity index (χ2n) is 5.38. The van der Waals surface area contributed by atoms with Gasteiger partial charge in [-0.3, -0.25) is 10.1 Å². The number of hydrogen-bond acceptors (Lipinski definition) is 5. The molecule has 0 aliphatic heterocycles. The lowest BCUT2D eigenvalue weighted by Crippen LogP contribution is -2.49. The molecule has 1 aromatic rings. The number of nitrogens with one attached hydrogen (secondary N) is 1. The van der Waals surface area contributed by atoms with E-state index in [1.54, 1.807) is 0 Å². The molecule has 1 rings (SSSR count). The Morgan fingerprint density at radius 2 is 1.95 bits per heavy atom. The molecule has 1 aromatic carbocycles. The number of methoxy groups -OCH3 is 1. The van der Waals surface area contributed by atoms with Gasteiger partial charge in [-0.25, -0.2) is 0 Å². The van der Waals surface area contributed by atoms with Crippen molar-refractivity contribution < 1.29 is 19.7 Å². The van der Waals surface area contributed by atoms with E-state index in [0.29, 0.717) is 6.42 Å². The average Bonchev–Trinajstić information content (AvgIpc) is 2.56. The van der Waals surface area contributed by atoms with Gasteiger partial charge in [-0.15, -0.1) is 0 Å². The van der Waals surface area contributed by atoms with Crippen LogP contribution in [0.25, 0.3) is 0 Å². The lowest BCUT2D eigenvalue weighted by atomic mass is 10.0. The first-order chi connectivity index (χ1) is 10.6. The molecule has 1 unspecified atom stereocenters. The van der Waals surface area contributed by atoms with E-state index in [1.807, 2.05) is 30.3 Å². The second kappa shape index (κ2) is 10.3. The first-order valence-corrected chi connectivity index (χ1v) is 7.81. The van der Waals surface area contributed by atoms with Crippen molar-refractivity contribution in [2.75, 3.05) is 13.7 Å². The molecule has 0 bridgehead atoms. The largest absolute Gasteiger partial charge is 0.468 e. The highest BCUT2D eigenvalue weighted by Crippen LogP contribution is 2.16. The van der Waals surface area contributed by atoms with E-state index in [1.165, 1.54) is 7.11 Å². The fraction of sp³-hybridized carbons (Fsp3) is 0.588. The quantitative estimate of drug-likeness (QED) is 0.454. The summed E-state index contributed by atoms with van der Waals surface area (Å²) in [6, 6.07) is 8.08. The Kier molecular flexibility index (Phi) is 8.74. The standard InChI is InChI=1S/C17H27NO4/c1-3-4-6-11-15(20)16(17(21)22-2)18-14(12-19)13-9-7-5-8-10-13/h5,7-10,14-16,18-20H,3-4,6,11-12H2,1-2H3/t14?,15-,16+/m1/s1. The van der Waals surface area contributed by atoms with Gasteiger partial charge in [0.2, 0.25) is 0 Å². The van der Waals surface area contributed by atoms with Crippen molar-refractivity contribution >= 4 is 5.97 Å². The second-order valence-corrected chi connectivity index (χ2v) is 5.38. The van der Waals surface area contributed by atoms with Gasteiger partial charge in [0, 0.05) is 0 Å². The van der Waals surface area contributed by atoms with E-state index in [9.17, 15) is 15.0 Å². The van der Waals surface area contributed by atoms with Crippen LogP contribution in [-0.2, 0) is 9.53 Å². The molecule has 0 aliphatic carbocycles. The molecule has 5 heteroatoms. The fourth-order valence-corrected chi connectivity index (χ4v) is 2.39. The molecule has 5 nitrogen and oxygen atoms in total. The topological polar surface area (TPSA) is 78.8 Å². The number of rotatable bonds is 10. The number of benzene rings is 1. The summed E-state index contributed by atoms with van der Waals surface area (Å²) in [6.45, 7) is 1.92. The van der Waals surface area contributed by atoms with Crippen LogP contribution in [0.15, 0.2) is 30.3 Å². The number of unbranched alkanes of at least 4 members (excludes halogenated alkanes) is 2. The van der Waals surface area contributed by atoms with E-state index in [2.05, 4.69) is 12.2 Å². The monoisotopic (exact) mass is 309 g/mol. The lowest BCUT2D eigenvalue weighted by molar-refractivity contribution is -0.146. The summed E-state index contributed by atoms with van der Waals surface area (Å²) in [5.74, 6) is -0.515. The van der Waals surface area contributed by atoms with Gasteiger partial charge in [-0.1, -0.05) is 56.5 Å². The number of aliphatic hydroxyl groups is 2. The van der Waals surface area contributed by atoms with E-state index >= 15 is 0 Å². The van der Waals surface area contributed by atoms with Crippen molar-refractivity contribution in [1.29, 1.82) is 0 Å². The Balaban J connectivity index is 2.76. The Labute approximate surface area is 132 Å². The third kappa shape index (κ3) is 5.75. The number of carbonyl (C=O) groups is 1. The van der Waals surface area contributed by atoms with Crippen LogP contribution in [0, 0.1) is 0 Å². The maximum Gasteiger partial charge on any atom is 0.325 e. The van der Waals surface area contributed by atoms with E-state index in [-0.39, 0.29) is 6.61 Å². The zero-order valence-electron chi connectivity index (χ0n) is 13.4. The summed E-state index contributed by atoms with van der Waals surface area (Å²) in [5, 5.41) is 22.9. The highest BCUT2D eigenvalue weighted by Gasteiger charge is 2.29. The minimum atomic E-state index is -0.848. The molecular formula is C17H27NO4. The Hall–Kier alpha value is -1.43. The van der Waals surface area contributed by atoms with Crippen molar-refractivity contribution in [2.24, 2.45) is 0 Å². The summed E-state index contributed by atoms with van der Waals surface area (Å²) >= 11 is 0. The maximum atomic E-state index is 11.9. The highest BCUT2D eigenvalue weighted by atomic mass is 16.5. The van der Waals surface area contributed by atoms with Gasteiger partial charge in [0.15, 0.2) is 0 Å². The van der Waals surface area contributed by atoms with E-state index in [0.717, 1.165) is 24.8 Å². The van der Waals surface area contributed by atoms with Crippen LogP contribution >= 0.6 is 0 Å². The summed E-state index contributed by atoms with van der Waals surface area (Å²) in [5.41, 5.74) is 0.861. The minimum absolute atomic E-state index is 0.167. The molecule has 22 heavy (non-hydrogen) atoms. The van der Waals surface area contributed by atoms with Crippen LogP contribution in [0.1, 0.15) is 44.2 Å². The predicted octanol–water partition coefficient (Wildman–Crippen LogP) is 1.79. The molecule has 0 heterocycles. The third-order valence-electron chi connectivity index (χ3n) is 3.71. The first-order valence-electron chi connectivity index (χ1n) is 7.81. The molecule has 0 saturated heterocycles. The maximum absolute atomic E-state index is 11.9. The molecule has 3 N–H and O–H groups in total. The third-order valence-corrected chi connectivity index (χ3v) is 3.71. The molecule has 0 fully saturated rings. The minimum Gasteiger partial charge on any atom is -0.468 e. The fourth-order valence-electron chi connectivity index (χ4n) is 2.39. The number of aliphatic hydroxyl groups excluding tert-OH is 2. The summed E-state index contributed by atoms with van der Waals surface area (Å²) in [7, 11) is 1.30. The van der Waals surface area contributed by atoms with Crippen LogP contribution in [-0.4, -0.2) is 42.0 Å². The van der Waals surface area contributed by atoms with Gasteiger partial charge >= 0.3 is 5.97 Å². The number of ether oxygens (including phenoxy) is 1. The Morgan fingerprint density at radius 1 is 1.27 bits per heavy atom. The number of carbonyl (C=O) groups excluding carboxylic acids is 1. The van der Waals surface area contributed by atoms with Crippen LogP contribution in [0.3, 0.4) is 0 Å². The lowest BCUT2D eigenvalue weighted by Gasteiger charge is -2.26. The SMILES string of the molecule is CCCCC[C@@H](O)[C@H](NC(CO)c1ccccc1)C(=O)OC. The zero-order chi connectivity index (χ0) is 16.4. The first kappa shape index (κ1) is 18.6. The van der Waals surface area contributed by atoms with Crippen molar-refractivity contribution in [3.8, 4) is 0 Å². The van der Waals surface area contributed by atoms with E-state index in [4.69, 9.17) is 4.74 Å². The summed E-state index contributed by atoms with van der Waals surface area (Å²) in [4.78, 5) is 11.9. The van der Waals surface area contributed by atoms with Crippen LogP contribution in [0.5, 0.6) is 0 Å². The predicted molar refractivity (Wildman–Crippen MR) is 85.4 cm³/mol. The molecule has 0 aliphatic rings. The van der Waals surface area contributed by atoms with E-state index < -0.39 is 24.2 Å². The molecular weight excluding hydrogens is 282 g/mol. The number of esters is 1. The normalized spacial score (nSPS) is 15.1. The van der Waals surface area contributed by atoms with Crippen LogP contribution in [0.4, 0.5) is 0 Å². The highest BCUT2D eigenvalue weighted by molar-refractivity contribution is 5.76. The molecule has 3 atom stereocenters. The smallest absolute Gasteiger partial charge is 0.325 e. The molecule has 0 aromatic heterocycles. The van der Waals surface area contributed by atoms with Crippen LogP contribution in [0.2, 0.25) is 0 Å².